The Hall–Kier alpha value is -4.70. The molecular formula is C33H24N2O2. The molecular weight excluding hydrogens is 456 g/mol. The summed E-state index contributed by atoms with van der Waals surface area (Å²) in [5.74, 6) is -0.858. The summed E-state index contributed by atoms with van der Waals surface area (Å²) in [7, 11) is 0. The van der Waals surface area contributed by atoms with E-state index in [1.165, 1.54) is 0 Å². The molecule has 0 aliphatic carbocycles. The van der Waals surface area contributed by atoms with Gasteiger partial charge in [-0.2, -0.15) is 0 Å². The first kappa shape index (κ1) is 21.6. The second-order valence-corrected chi connectivity index (χ2v) is 9.73. The first-order chi connectivity index (χ1) is 18.2. The van der Waals surface area contributed by atoms with Crippen LogP contribution in [0.4, 0.5) is 11.4 Å². The van der Waals surface area contributed by atoms with Crippen molar-refractivity contribution >= 4 is 33.8 Å². The minimum absolute atomic E-state index is 0.0456. The monoisotopic (exact) mass is 480 g/mol. The molecule has 5 aromatic carbocycles. The van der Waals surface area contributed by atoms with Crippen LogP contribution in [0, 0.1) is 0 Å². The second kappa shape index (κ2) is 8.17. The van der Waals surface area contributed by atoms with Crippen molar-refractivity contribution in [2.75, 3.05) is 10.2 Å². The van der Waals surface area contributed by atoms with Crippen LogP contribution in [-0.2, 0) is 16.9 Å². The lowest BCUT2D eigenvalue weighted by Gasteiger charge is -2.42. The van der Waals surface area contributed by atoms with Gasteiger partial charge in [0.15, 0.2) is 11.3 Å². The fourth-order valence-corrected chi connectivity index (χ4v) is 6.13. The van der Waals surface area contributed by atoms with Crippen molar-refractivity contribution in [3.8, 4) is 0 Å². The Morgan fingerprint density at radius 1 is 0.703 bits per heavy atom. The van der Waals surface area contributed by atoms with E-state index in [9.17, 15) is 9.59 Å². The SMILES string of the molecule is O=C1c2ccccc2N[C@]2(C(=O)N(Cc3cccc4ccccc34)c3ccccc32)C1c1ccccc1. The summed E-state index contributed by atoms with van der Waals surface area (Å²) in [4.78, 5) is 30.7. The molecule has 0 fully saturated rings. The van der Waals surface area contributed by atoms with Gasteiger partial charge in [0.1, 0.15) is 0 Å². The summed E-state index contributed by atoms with van der Waals surface area (Å²) in [6.45, 7) is 0.415. The Morgan fingerprint density at radius 2 is 1.41 bits per heavy atom. The first-order valence-electron chi connectivity index (χ1n) is 12.5. The Morgan fingerprint density at radius 3 is 2.30 bits per heavy atom. The highest BCUT2D eigenvalue weighted by Crippen LogP contribution is 2.54. The predicted octanol–water partition coefficient (Wildman–Crippen LogP) is 6.67. The molecule has 5 aromatic rings. The number of Topliss-reactive ketones (excluding diaryl/α,β-unsaturated/α-hetero) is 1. The number of fused-ring (bicyclic) bond motifs is 4. The van der Waals surface area contributed by atoms with Crippen molar-refractivity contribution in [1.29, 1.82) is 0 Å². The Kier molecular flexibility index (Phi) is 4.76. The van der Waals surface area contributed by atoms with Gasteiger partial charge in [-0.05, 0) is 40.1 Å². The van der Waals surface area contributed by atoms with Gasteiger partial charge < -0.3 is 10.2 Å². The van der Waals surface area contributed by atoms with E-state index in [0.29, 0.717) is 17.8 Å². The number of hydrogen-bond acceptors (Lipinski definition) is 3. The van der Waals surface area contributed by atoms with Gasteiger partial charge in [0.25, 0.3) is 5.91 Å². The predicted molar refractivity (Wildman–Crippen MR) is 147 cm³/mol. The van der Waals surface area contributed by atoms with Crippen LogP contribution in [0.25, 0.3) is 10.8 Å². The molecule has 1 amide bonds. The lowest BCUT2D eigenvalue weighted by molar-refractivity contribution is -0.123. The lowest BCUT2D eigenvalue weighted by Crippen LogP contribution is -2.54. The minimum atomic E-state index is -1.24. The molecule has 4 heteroatoms. The molecule has 0 saturated carbocycles. The number of carbonyl (C=O) groups is 2. The number of nitrogens with one attached hydrogen (secondary N) is 1. The quantitative estimate of drug-likeness (QED) is 0.314. The number of hydrogen-bond donors (Lipinski definition) is 1. The van der Waals surface area contributed by atoms with Crippen molar-refractivity contribution in [3.05, 3.63) is 144 Å². The highest BCUT2D eigenvalue weighted by molar-refractivity contribution is 6.19. The number of benzene rings is 5. The van der Waals surface area contributed by atoms with Crippen molar-refractivity contribution in [2.24, 2.45) is 0 Å². The topological polar surface area (TPSA) is 49.4 Å². The third kappa shape index (κ3) is 3.09. The number of nitrogens with zero attached hydrogens (tertiary/aromatic N) is 1. The standard InChI is InChI=1S/C33H24N2O2/c36-31-26-17-6-8-19-28(26)34-33(30(31)23-12-2-1-3-13-23)27-18-7-9-20-29(27)35(32(33)37)21-24-15-10-14-22-11-4-5-16-25(22)24/h1-20,30,34H,21H2/t30?,33-/m0/s1. The lowest BCUT2D eigenvalue weighted by atomic mass is 9.69. The smallest absolute Gasteiger partial charge is 0.258 e. The summed E-state index contributed by atoms with van der Waals surface area (Å²) >= 11 is 0. The fourth-order valence-electron chi connectivity index (χ4n) is 6.13. The average molecular weight is 481 g/mol. The van der Waals surface area contributed by atoms with Crippen LogP contribution in [0.1, 0.15) is 33.0 Å². The van der Waals surface area contributed by atoms with E-state index in [1.807, 2.05) is 102 Å². The summed E-state index contributed by atoms with van der Waals surface area (Å²) in [6, 6.07) is 39.5. The van der Waals surface area contributed by atoms with Gasteiger partial charge in [-0.3, -0.25) is 9.59 Å². The molecule has 7 rings (SSSR count). The molecule has 0 aromatic heterocycles. The largest absolute Gasteiger partial charge is 0.366 e. The number of carbonyl (C=O) groups excluding carboxylic acids is 2. The fraction of sp³-hybridized carbons (Fsp3) is 0.0909. The third-order valence-electron chi connectivity index (χ3n) is 7.76. The number of anilines is 2. The maximum Gasteiger partial charge on any atom is 0.258 e. The van der Waals surface area contributed by atoms with E-state index in [1.54, 1.807) is 0 Å². The van der Waals surface area contributed by atoms with E-state index in [-0.39, 0.29) is 11.7 Å². The maximum atomic E-state index is 14.7. The van der Waals surface area contributed by atoms with E-state index in [4.69, 9.17) is 0 Å². The van der Waals surface area contributed by atoms with E-state index < -0.39 is 11.5 Å². The zero-order valence-corrected chi connectivity index (χ0v) is 20.1. The zero-order chi connectivity index (χ0) is 25.0. The molecule has 0 bridgehead atoms. The highest BCUT2D eigenvalue weighted by atomic mass is 16.2. The van der Waals surface area contributed by atoms with Crippen LogP contribution in [0.3, 0.4) is 0 Å². The second-order valence-electron chi connectivity index (χ2n) is 9.73. The van der Waals surface area contributed by atoms with Crippen molar-refractivity contribution in [2.45, 2.75) is 18.0 Å². The molecule has 1 N–H and O–H groups in total. The minimum Gasteiger partial charge on any atom is -0.366 e. The van der Waals surface area contributed by atoms with Crippen LogP contribution in [0.15, 0.2) is 121 Å². The molecule has 2 aliphatic heterocycles. The van der Waals surface area contributed by atoms with Crippen LogP contribution in [0.5, 0.6) is 0 Å². The molecule has 2 atom stereocenters. The van der Waals surface area contributed by atoms with Gasteiger partial charge in [-0.15, -0.1) is 0 Å². The summed E-state index contributed by atoms with van der Waals surface area (Å²) in [6.07, 6.45) is 0. The number of ketones is 1. The van der Waals surface area contributed by atoms with Crippen LogP contribution >= 0.6 is 0 Å². The molecule has 2 heterocycles. The average Bonchev–Trinajstić information content (AvgIpc) is 3.17. The van der Waals surface area contributed by atoms with E-state index in [0.717, 1.165) is 33.2 Å². The van der Waals surface area contributed by atoms with Gasteiger partial charge in [-0.25, -0.2) is 0 Å². The zero-order valence-electron chi connectivity index (χ0n) is 20.1. The molecule has 37 heavy (non-hydrogen) atoms. The van der Waals surface area contributed by atoms with E-state index in [2.05, 4.69) is 29.6 Å². The van der Waals surface area contributed by atoms with Gasteiger partial charge in [0, 0.05) is 16.8 Å². The van der Waals surface area contributed by atoms with Crippen molar-refractivity contribution < 1.29 is 9.59 Å². The molecule has 178 valence electrons. The van der Waals surface area contributed by atoms with E-state index >= 15 is 0 Å². The Balaban J connectivity index is 1.44. The molecule has 4 nitrogen and oxygen atoms in total. The van der Waals surface area contributed by atoms with Gasteiger partial charge in [0.05, 0.1) is 18.2 Å². The Labute approximate surface area is 215 Å². The van der Waals surface area contributed by atoms with Gasteiger partial charge in [-0.1, -0.05) is 103 Å². The molecule has 0 radical (unpaired) electrons. The number of para-hydroxylation sites is 2. The molecule has 2 aliphatic rings. The number of amides is 1. The molecule has 0 saturated heterocycles. The molecule has 1 unspecified atom stereocenters. The number of rotatable bonds is 3. The summed E-state index contributed by atoms with van der Waals surface area (Å²) < 4.78 is 0. The van der Waals surface area contributed by atoms with Crippen molar-refractivity contribution in [3.63, 3.8) is 0 Å². The Bertz CT molecular complexity index is 1690. The molecule has 1 spiro atoms. The van der Waals surface area contributed by atoms with Gasteiger partial charge in [0.2, 0.25) is 0 Å². The highest BCUT2D eigenvalue weighted by Gasteiger charge is 2.60. The van der Waals surface area contributed by atoms with Crippen LogP contribution in [-0.4, -0.2) is 11.7 Å². The van der Waals surface area contributed by atoms with Gasteiger partial charge >= 0.3 is 0 Å². The normalized spacial score (nSPS) is 20.1. The summed E-state index contributed by atoms with van der Waals surface area (Å²) in [5, 5.41) is 5.85. The first-order valence-corrected chi connectivity index (χ1v) is 12.5. The van der Waals surface area contributed by atoms with Crippen LogP contribution in [0.2, 0.25) is 0 Å². The third-order valence-corrected chi connectivity index (χ3v) is 7.76. The maximum absolute atomic E-state index is 14.7. The van der Waals surface area contributed by atoms with Crippen LogP contribution < -0.4 is 10.2 Å². The van der Waals surface area contributed by atoms with Crippen molar-refractivity contribution in [1.82, 2.24) is 0 Å². The summed E-state index contributed by atoms with van der Waals surface area (Å²) in [5.41, 5.74) is 3.61.